The highest BCUT2D eigenvalue weighted by Crippen LogP contribution is 2.54. The number of phenols is 1. The molecule has 4 atom stereocenters. The third kappa shape index (κ3) is 4.42. The van der Waals surface area contributed by atoms with Crippen LogP contribution in [0.15, 0.2) is 41.3 Å². The monoisotopic (exact) mass is 606 g/mol. The van der Waals surface area contributed by atoms with E-state index in [1.54, 1.807) is 26.2 Å². The van der Waals surface area contributed by atoms with Gasteiger partial charge in [-0.1, -0.05) is 6.42 Å². The number of hydrogen-bond acceptors (Lipinski definition) is 10. The lowest BCUT2D eigenvalue weighted by atomic mass is 9.57. The third-order valence-electron chi connectivity index (χ3n) is 9.68. The molecule has 232 valence electrons. The molecule has 0 radical (unpaired) electrons. The maximum atomic E-state index is 14.2. The second-order valence-electron chi connectivity index (χ2n) is 12.5. The Morgan fingerprint density at radius 3 is 2.48 bits per heavy atom. The number of ketones is 2. The van der Waals surface area contributed by atoms with Crippen LogP contribution in [0.2, 0.25) is 0 Å². The molecule has 4 aliphatic rings. The highest BCUT2D eigenvalue weighted by Gasteiger charge is 2.64. The Bertz CT molecular complexity index is 1640. The van der Waals surface area contributed by atoms with E-state index in [4.69, 9.17) is 5.73 Å². The highest BCUT2D eigenvalue weighted by atomic mass is 19.1. The quantitative estimate of drug-likeness (QED) is 0.250. The summed E-state index contributed by atoms with van der Waals surface area (Å²) in [6.07, 6.45) is 4.59. The molecule has 2 fully saturated rings. The molecule has 2 aromatic rings. The van der Waals surface area contributed by atoms with Gasteiger partial charge < -0.3 is 26.2 Å². The van der Waals surface area contributed by atoms with E-state index in [9.17, 15) is 39.2 Å². The zero-order valence-electron chi connectivity index (χ0n) is 24.5. The number of carbonyl (C=O) groups is 3. The number of nitrogens with two attached hydrogens (primary N) is 1. The molecule has 1 saturated carbocycles. The summed E-state index contributed by atoms with van der Waals surface area (Å²) in [6, 6.07) is 3.40. The number of benzene rings is 1. The van der Waals surface area contributed by atoms with Gasteiger partial charge in [-0.3, -0.25) is 24.2 Å². The minimum atomic E-state index is -2.71. The smallest absolute Gasteiger partial charge is 0.255 e. The number of carbonyl (C=O) groups excluding carboxylic acids is 3. The minimum Gasteiger partial charge on any atom is -0.508 e. The van der Waals surface area contributed by atoms with Crippen LogP contribution in [-0.2, 0) is 27.3 Å². The molecule has 6 rings (SSSR count). The van der Waals surface area contributed by atoms with Gasteiger partial charge in [0.25, 0.3) is 5.91 Å². The Kier molecular flexibility index (Phi) is 7.34. The van der Waals surface area contributed by atoms with Crippen molar-refractivity contribution in [3.05, 3.63) is 63.9 Å². The summed E-state index contributed by atoms with van der Waals surface area (Å²) in [4.78, 5) is 47.2. The van der Waals surface area contributed by atoms with E-state index >= 15 is 0 Å². The first-order valence-electron chi connectivity index (χ1n) is 14.7. The predicted octanol–water partition coefficient (Wildman–Crippen LogP) is 2.15. The lowest BCUT2D eigenvalue weighted by molar-refractivity contribution is -0.153. The molecule has 1 saturated heterocycles. The normalized spacial score (nSPS) is 27.3. The average Bonchev–Trinajstić information content (AvgIpc) is 2.97. The van der Waals surface area contributed by atoms with E-state index in [2.05, 4.69) is 9.88 Å². The van der Waals surface area contributed by atoms with Gasteiger partial charge in [-0.2, -0.15) is 4.39 Å². The molecule has 44 heavy (non-hydrogen) atoms. The lowest BCUT2D eigenvalue weighted by Gasteiger charge is -2.50. The minimum absolute atomic E-state index is 0.00937. The molecule has 6 N–H and O–H groups in total. The number of amides is 1. The van der Waals surface area contributed by atoms with E-state index in [-0.39, 0.29) is 29.7 Å². The highest BCUT2D eigenvalue weighted by molar-refractivity contribution is 6.24. The van der Waals surface area contributed by atoms with Crippen LogP contribution < -0.4 is 5.73 Å². The number of primary amides is 1. The standard InChI is InChI=1S/C32H35FN4O7/c1-36(2)25-20-12-16-10-19-18(15-6-7-21(33)35-13-15)11-17(14-37-8-4-3-5-9-37)26(38)23(19)27(39)22(16)29(41)32(20,44)30(42)24(28(25)40)31(34)43/h6-7,11,13,16,20,25,38-39,42,44H,3-5,8-10,12,14H2,1-2H3,(H2,34,43)/t16?,20?,25-,32-/m0/s1. The summed E-state index contributed by atoms with van der Waals surface area (Å²) >= 11 is 0. The Hall–Kier alpha value is -4.13. The van der Waals surface area contributed by atoms with Crippen LogP contribution in [0.3, 0.4) is 0 Å². The first kappa shape index (κ1) is 29.9. The Morgan fingerprint density at radius 1 is 1.16 bits per heavy atom. The van der Waals surface area contributed by atoms with Crippen LogP contribution >= 0.6 is 0 Å². The number of aromatic hydroxyl groups is 1. The van der Waals surface area contributed by atoms with Gasteiger partial charge >= 0.3 is 0 Å². The molecule has 2 unspecified atom stereocenters. The van der Waals surface area contributed by atoms with Crippen molar-refractivity contribution in [2.24, 2.45) is 17.6 Å². The Labute approximate surface area is 253 Å². The summed E-state index contributed by atoms with van der Waals surface area (Å²) in [5.74, 6) is -7.65. The Morgan fingerprint density at radius 2 is 1.86 bits per heavy atom. The zero-order valence-corrected chi connectivity index (χ0v) is 24.5. The number of nitrogens with zero attached hydrogens (tertiary/aromatic N) is 3. The third-order valence-corrected chi connectivity index (χ3v) is 9.68. The predicted molar refractivity (Wildman–Crippen MR) is 157 cm³/mol. The molecular weight excluding hydrogens is 571 g/mol. The number of likely N-dealkylation sites (N-methyl/N-ethyl adjacent to an activating group) is 1. The molecule has 2 heterocycles. The van der Waals surface area contributed by atoms with Crippen LogP contribution in [0, 0.1) is 17.8 Å². The fraction of sp³-hybridized carbons (Fsp3) is 0.438. The van der Waals surface area contributed by atoms with Crippen molar-refractivity contribution in [3.8, 4) is 16.9 Å². The van der Waals surface area contributed by atoms with E-state index in [0.29, 0.717) is 28.8 Å². The maximum Gasteiger partial charge on any atom is 0.255 e. The summed E-state index contributed by atoms with van der Waals surface area (Å²) in [5.41, 5.74) is 3.77. The van der Waals surface area contributed by atoms with Crippen LogP contribution in [0.5, 0.6) is 5.75 Å². The first-order chi connectivity index (χ1) is 20.9. The van der Waals surface area contributed by atoms with Gasteiger partial charge in [0, 0.05) is 35.4 Å². The van der Waals surface area contributed by atoms with Crippen molar-refractivity contribution in [1.82, 2.24) is 14.8 Å². The van der Waals surface area contributed by atoms with E-state index < -0.39 is 64.0 Å². The maximum absolute atomic E-state index is 14.2. The second-order valence-corrected chi connectivity index (χ2v) is 12.5. The number of Topliss-reactive ketones (excluding diaryl/α,β-unsaturated/α-hetero) is 2. The first-order valence-corrected chi connectivity index (χ1v) is 14.7. The van der Waals surface area contributed by atoms with Crippen molar-refractivity contribution in [1.29, 1.82) is 0 Å². The molecule has 3 aliphatic carbocycles. The van der Waals surface area contributed by atoms with Gasteiger partial charge in [0.1, 0.15) is 22.8 Å². The van der Waals surface area contributed by atoms with Crippen molar-refractivity contribution in [2.45, 2.75) is 50.3 Å². The molecule has 0 spiro atoms. The number of halogens is 1. The molecule has 1 aromatic heterocycles. The van der Waals surface area contributed by atoms with Crippen LogP contribution in [0.1, 0.15) is 42.4 Å². The fourth-order valence-electron chi connectivity index (χ4n) is 7.64. The number of aromatic nitrogens is 1. The van der Waals surface area contributed by atoms with Gasteiger partial charge in [-0.15, -0.1) is 0 Å². The largest absolute Gasteiger partial charge is 0.508 e. The topological polar surface area (TPSA) is 178 Å². The number of likely N-dealkylation sites (tertiary alicyclic amines) is 1. The fourth-order valence-corrected chi connectivity index (χ4v) is 7.64. The van der Waals surface area contributed by atoms with Gasteiger partial charge in [0.05, 0.1) is 11.6 Å². The molecule has 1 aliphatic heterocycles. The summed E-state index contributed by atoms with van der Waals surface area (Å²) in [7, 11) is 3.10. The molecule has 12 heteroatoms. The molecular formula is C32H35FN4O7. The number of rotatable bonds is 5. The summed E-state index contributed by atoms with van der Waals surface area (Å²) in [5, 5.41) is 46.3. The van der Waals surface area contributed by atoms with Gasteiger partial charge in [0.2, 0.25) is 11.7 Å². The summed E-state index contributed by atoms with van der Waals surface area (Å²) < 4.78 is 13.8. The zero-order chi connectivity index (χ0) is 31.7. The van der Waals surface area contributed by atoms with Gasteiger partial charge in [-0.25, -0.2) is 4.98 Å². The van der Waals surface area contributed by atoms with Crippen molar-refractivity contribution in [3.63, 3.8) is 0 Å². The van der Waals surface area contributed by atoms with E-state index in [0.717, 1.165) is 32.4 Å². The van der Waals surface area contributed by atoms with Crippen molar-refractivity contribution in [2.75, 3.05) is 27.2 Å². The number of fused-ring (bicyclic) bond motifs is 3. The number of aliphatic hydroxyl groups excluding tert-OH is 2. The SMILES string of the molecule is CN(C)[C@@H]1C(=O)C(C(N)=O)=C(O)[C@@]2(O)C(=O)C3=C(O)c4c(O)c(CN5CCCCC5)cc(-c5ccc(F)nc5)c4CC3CC12. The van der Waals surface area contributed by atoms with E-state index in [1.165, 1.54) is 17.2 Å². The molecule has 11 nitrogen and oxygen atoms in total. The lowest BCUT2D eigenvalue weighted by Crippen LogP contribution is -2.65. The summed E-state index contributed by atoms with van der Waals surface area (Å²) in [6.45, 7) is 2.02. The number of piperidine rings is 1. The van der Waals surface area contributed by atoms with Crippen molar-refractivity contribution < 1.29 is 39.2 Å². The van der Waals surface area contributed by atoms with Gasteiger partial charge in [-0.05, 0) is 88.1 Å². The van der Waals surface area contributed by atoms with Crippen molar-refractivity contribution >= 4 is 23.2 Å². The molecule has 1 aromatic carbocycles. The number of pyridine rings is 1. The molecule has 0 bridgehead atoms. The van der Waals surface area contributed by atoms with Crippen LogP contribution in [0.25, 0.3) is 16.9 Å². The average molecular weight is 607 g/mol. The van der Waals surface area contributed by atoms with Crippen LogP contribution in [-0.4, -0.2) is 91.5 Å². The van der Waals surface area contributed by atoms with Gasteiger partial charge in [0.15, 0.2) is 11.4 Å². The second kappa shape index (κ2) is 10.8. The number of hydrogen-bond donors (Lipinski definition) is 5. The van der Waals surface area contributed by atoms with Crippen LogP contribution in [0.4, 0.5) is 4.39 Å². The number of phenolic OH excluding ortho intramolecular Hbond substituents is 1. The van der Waals surface area contributed by atoms with E-state index in [1.807, 2.05) is 0 Å². The molecule has 1 amide bonds. The Balaban J connectivity index is 1.56. The number of aliphatic hydroxyl groups is 3.